The SMILES string of the molecule is OCc1cccc(O[C@@H]2C[C@@H]3CC[C@@H](C3)C2)c1. The van der Waals surface area contributed by atoms with E-state index in [0.717, 1.165) is 23.1 Å². The fourth-order valence-corrected chi connectivity index (χ4v) is 3.45. The molecule has 92 valence electrons. The second-order valence-electron chi connectivity index (χ2n) is 5.56. The van der Waals surface area contributed by atoms with Gasteiger partial charge in [-0.3, -0.25) is 0 Å². The number of aliphatic hydroxyl groups excluding tert-OH is 1. The van der Waals surface area contributed by atoms with Crippen LogP contribution in [0.3, 0.4) is 0 Å². The summed E-state index contributed by atoms with van der Waals surface area (Å²) in [4.78, 5) is 0. The van der Waals surface area contributed by atoms with Crippen LogP contribution < -0.4 is 4.74 Å². The Hall–Kier alpha value is -1.02. The summed E-state index contributed by atoms with van der Waals surface area (Å²) < 4.78 is 6.07. The smallest absolute Gasteiger partial charge is 0.120 e. The van der Waals surface area contributed by atoms with E-state index < -0.39 is 0 Å². The van der Waals surface area contributed by atoms with E-state index in [0.29, 0.717) is 6.10 Å². The Balaban J connectivity index is 1.66. The van der Waals surface area contributed by atoms with Gasteiger partial charge in [-0.2, -0.15) is 0 Å². The first-order valence-corrected chi connectivity index (χ1v) is 6.70. The third-order valence-electron chi connectivity index (χ3n) is 4.23. The van der Waals surface area contributed by atoms with Crippen molar-refractivity contribution in [3.63, 3.8) is 0 Å². The minimum Gasteiger partial charge on any atom is -0.490 e. The predicted octanol–water partition coefficient (Wildman–Crippen LogP) is 3.14. The molecular weight excluding hydrogens is 212 g/mol. The molecule has 0 aromatic heterocycles. The zero-order valence-corrected chi connectivity index (χ0v) is 10.1. The fraction of sp³-hybridized carbons (Fsp3) is 0.600. The lowest BCUT2D eigenvalue weighted by Crippen LogP contribution is -2.26. The van der Waals surface area contributed by atoms with Gasteiger partial charge in [-0.15, -0.1) is 0 Å². The van der Waals surface area contributed by atoms with Gasteiger partial charge in [-0.1, -0.05) is 25.0 Å². The van der Waals surface area contributed by atoms with Crippen LogP contribution in [-0.2, 0) is 6.61 Å². The average molecular weight is 232 g/mol. The molecule has 2 aliphatic carbocycles. The molecule has 2 fully saturated rings. The molecule has 1 aromatic rings. The monoisotopic (exact) mass is 232 g/mol. The third-order valence-corrected chi connectivity index (χ3v) is 4.23. The minimum absolute atomic E-state index is 0.0904. The zero-order chi connectivity index (χ0) is 11.7. The molecule has 0 aliphatic heterocycles. The van der Waals surface area contributed by atoms with Crippen molar-refractivity contribution in [2.75, 3.05) is 0 Å². The van der Waals surface area contributed by atoms with Crippen molar-refractivity contribution in [3.05, 3.63) is 29.8 Å². The Morgan fingerprint density at radius 1 is 1.12 bits per heavy atom. The highest BCUT2D eigenvalue weighted by Crippen LogP contribution is 2.43. The zero-order valence-electron chi connectivity index (χ0n) is 10.1. The number of hydrogen-bond acceptors (Lipinski definition) is 2. The number of benzene rings is 1. The van der Waals surface area contributed by atoms with Gasteiger partial charge in [0.2, 0.25) is 0 Å². The Bertz CT molecular complexity index is 376. The average Bonchev–Trinajstić information content (AvgIpc) is 2.69. The van der Waals surface area contributed by atoms with Gasteiger partial charge in [0.25, 0.3) is 0 Å². The highest BCUT2D eigenvalue weighted by Gasteiger charge is 2.34. The summed E-state index contributed by atoms with van der Waals surface area (Å²) in [5.74, 6) is 2.72. The van der Waals surface area contributed by atoms with Gasteiger partial charge in [0, 0.05) is 0 Å². The van der Waals surface area contributed by atoms with Crippen LogP contribution >= 0.6 is 0 Å². The first kappa shape index (κ1) is 11.1. The molecule has 0 radical (unpaired) electrons. The summed E-state index contributed by atoms with van der Waals surface area (Å²) in [5.41, 5.74) is 0.932. The molecule has 2 saturated carbocycles. The van der Waals surface area contributed by atoms with E-state index in [4.69, 9.17) is 9.84 Å². The second kappa shape index (κ2) is 4.69. The van der Waals surface area contributed by atoms with Crippen LogP contribution in [-0.4, -0.2) is 11.2 Å². The molecule has 3 atom stereocenters. The predicted molar refractivity (Wildman–Crippen MR) is 66.8 cm³/mol. The molecule has 0 spiro atoms. The molecule has 1 N–H and O–H groups in total. The highest BCUT2D eigenvalue weighted by molar-refractivity contribution is 5.28. The van der Waals surface area contributed by atoms with Gasteiger partial charge >= 0.3 is 0 Å². The van der Waals surface area contributed by atoms with Crippen molar-refractivity contribution in [2.24, 2.45) is 11.8 Å². The van der Waals surface area contributed by atoms with Gasteiger partial charge in [-0.05, 0) is 48.8 Å². The number of rotatable bonds is 3. The van der Waals surface area contributed by atoms with Gasteiger partial charge < -0.3 is 9.84 Å². The van der Waals surface area contributed by atoms with E-state index in [1.165, 1.54) is 32.1 Å². The largest absolute Gasteiger partial charge is 0.490 e. The number of aliphatic hydroxyl groups is 1. The van der Waals surface area contributed by atoms with Crippen LogP contribution in [0.25, 0.3) is 0 Å². The van der Waals surface area contributed by atoms with Crippen LogP contribution in [0.4, 0.5) is 0 Å². The molecule has 0 saturated heterocycles. The summed E-state index contributed by atoms with van der Waals surface area (Å²) in [7, 11) is 0. The summed E-state index contributed by atoms with van der Waals surface area (Å²) in [6.07, 6.45) is 7.08. The minimum atomic E-state index is 0.0904. The van der Waals surface area contributed by atoms with Crippen molar-refractivity contribution in [3.8, 4) is 5.75 Å². The number of fused-ring (bicyclic) bond motifs is 2. The van der Waals surface area contributed by atoms with Gasteiger partial charge in [-0.25, -0.2) is 0 Å². The van der Waals surface area contributed by atoms with Gasteiger partial charge in [0.05, 0.1) is 12.7 Å². The number of ether oxygens (including phenoxy) is 1. The quantitative estimate of drug-likeness (QED) is 0.867. The molecule has 3 rings (SSSR count). The maximum Gasteiger partial charge on any atom is 0.120 e. The van der Waals surface area contributed by atoms with E-state index in [9.17, 15) is 0 Å². The summed E-state index contributed by atoms with van der Waals surface area (Å²) >= 11 is 0. The molecule has 0 amide bonds. The van der Waals surface area contributed by atoms with Crippen LogP contribution in [0.1, 0.15) is 37.7 Å². The lowest BCUT2D eigenvalue weighted by Gasteiger charge is -2.28. The standard InChI is InChI=1S/C15H20O2/c16-10-13-2-1-3-14(9-13)17-15-7-11-4-5-12(6-11)8-15/h1-3,9,11-12,15-16H,4-8,10H2/t11-,12+,15-. The van der Waals surface area contributed by atoms with Crippen molar-refractivity contribution < 1.29 is 9.84 Å². The molecule has 0 unspecified atom stereocenters. The van der Waals surface area contributed by atoms with Crippen LogP contribution in [0.15, 0.2) is 24.3 Å². The topological polar surface area (TPSA) is 29.5 Å². The second-order valence-corrected chi connectivity index (χ2v) is 5.56. The maximum absolute atomic E-state index is 9.11. The van der Waals surface area contributed by atoms with Crippen molar-refractivity contribution >= 4 is 0 Å². The molecule has 1 aromatic carbocycles. The highest BCUT2D eigenvalue weighted by atomic mass is 16.5. The van der Waals surface area contributed by atoms with Crippen LogP contribution in [0.5, 0.6) is 5.75 Å². The third kappa shape index (κ3) is 2.47. The van der Waals surface area contributed by atoms with Crippen molar-refractivity contribution in [1.82, 2.24) is 0 Å². The number of hydrogen-bond donors (Lipinski definition) is 1. The summed E-state index contributed by atoms with van der Waals surface area (Å²) in [5, 5.41) is 9.11. The molecule has 17 heavy (non-hydrogen) atoms. The van der Waals surface area contributed by atoms with Crippen LogP contribution in [0, 0.1) is 11.8 Å². The van der Waals surface area contributed by atoms with Crippen molar-refractivity contribution in [2.45, 2.75) is 44.8 Å². The Kier molecular flexibility index (Phi) is 3.06. The van der Waals surface area contributed by atoms with E-state index in [2.05, 4.69) is 0 Å². The molecule has 0 heterocycles. The Morgan fingerprint density at radius 2 is 1.88 bits per heavy atom. The molecule has 2 aliphatic rings. The Morgan fingerprint density at radius 3 is 2.59 bits per heavy atom. The van der Waals surface area contributed by atoms with Gasteiger partial charge in [0.15, 0.2) is 0 Å². The first-order chi connectivity index (χ1) is 8.33. The fourth-order valence-electron chi connectivity index (χ4n) is 3.45. The molecule has 2 heteroatoms. The normalized spacial score (nSPS) is 31.5. The lowest BCUT2D eigenvalue weighted by molar-refractivity contribution is 0.118. The maximum atomic E-state index is 9.11. The van der Waals surface area contributed by atoms with E-state index in [-0.39, 0.29) is 6.61 Å². The van der Waals surface area contributed by atoms with E-state index >= 15 is 0 Å². The van der Waals surface area contributed by atoms with E-state index in [1.54, 1.807) is 0 Å². The summed E-state index contributed by atoms with van der Waals surface area (Å²) in [6, 6.07) is 7.84. The van der Waals surface area contributed by atoms with Crippen molar-refractivity contribution in [1.29, 1.82) is 0 Å². The molecule has 2 bridgehead atoms. The Labute approximate surface area is 103 Å². The summed E-state index contributed by atoms with van der Waals surface area (Å²) in [6.45, 7) is 0.0904. The lowest BCUT2D eigenvalue weighted by atomic mass is 9.87. The molecular formula is C15H20O2. The first-order valence-electron chi connectivity index (χ1n) is 6.70. The van der Waals surface area contributed by atoms with E-state index in [1.807, 2.05) is 24.3 Å². The van der Waals surface area contributed by atoms with Crippen LogP contribution in [0.2, 0.25) is 0 Å². The van der Waals surface area contributed by atoms with Gasteiger partial charge in [0.1, 0.15) is 5.75 Å². The molecule has 2 nitrogen and oxygen atoms in total.